The number of nitrogens with one attached hydrogen (secondary N) is 1. The lowest BCUT2D eigenvalue weighted by atomic mass is 10.1. The summed E-state index contributed by atoms with van der Waals surface area (Å²) in [5.74, 6) is 0.464. The van der Waals surface area contributed by atoms with Crippen molar-refractivity contribution in [1.82, 2.24) is 0 Å². The van der Waals surface area contributed by atoms with E-state index >= 15 is 0 Å². The highest BCUT2D eigenvalue weighted by Gasteiger charge is 2.32. The van der Waals surface area contributed by atoms with Crippen LogP contribution in [0.15, 0.2) is 30.3 Å². The van der Waals surface area contributed by atoms with Crippen LogP contribution in [0.4, 0.5) is 18.9 Å². The summed E-state index contributed by atoms with van der Waals surface area (Å²) in [6.07, 6.45) is -3.52. The number of hydrogen-bond acceptors (Lipinski definition) is 3. The summed E-state index contributed by atoms with van der Waals surface area (Å²) >= 11 is 1.68. The average molecular weight is 313 g/mol. The molecule has 21 heavy (non-hydrogen) atoms. The molecule has 1 atom stereocenters. The third-order valence-electron chi connectivity index (χ3n) is 3.40. The topological polar surface area (TPSA) is 21.3 Å². The van der Waals surface area contributed by atoms with Crippen molar-refractivity contribution in [2.45, 2.75) is 25.6 Å². The van der Waals surface area contributed by atoms with E-state index in [1.165, 1.54) is 10.9 Å². The molecule has 0 bridgehead atoms. The number of rotatable bonds is 2. The van der Waals surface area contributed by atoms with Gasteiger partial charge in [-0.15, -0.1) is 11.3 Å². The summed E-state index contributed by atoms with van der Waals surface area (Å²) in [4.78, 5) is 2.36. The van der Waals surface area contributed by atoms with Crippen molar-refractivity contribution in [1.29, 1.82) is 0 Å². The van der Waals surface area contributed by atoms with Crippen LogP contribution in [0, 0.1) is 0 Å². The van der Waals surface area contributed by atoms with E-state index in [9.17, 15) is 13.2 Å². The number of ether oxygens (including phenoxy) is 1. The van der Waals surface area contributed by atoms with Crippen molar-refractivity contribution >= 4 is 17.0 Å². The molecule has 1 aromatic heterocycles. The smallest absolute Gasteiger partial charge is 0.416 e. The van der Waals surface area contributed by atoms with Crippen LogP contribution in [0.2, 0.25) is 0 Å². The maximum atomic E-state index is 12.7. The summed E-state index contributed by atoms with van der Waals surface area (Å²) in [6, 6.07) is 7.61. The lowest BCUT2D eigenvalue weighted by Crippen LogP contribution is -2.23. The van der Waals surface area contributed by atoms with E-state index in [0.717, 1.165) is 23.4 Å². The Kier molecular flexibility index (Phi) is 3.57. The molecule has 1 aromatic carbocycles. The van der Waals surface area contributed by atoms with Crippen LogP contribution in [0.1, 0.15) is 28.3 Å². The number of benzene rings is 1. The normalized spacial score (nSPS) is 17.8. The SMILES string of the molecule is CCc1ccc(C2CNc3cc(C(F)(F)F)ccc3O2)s1. The first-order valence-electron chi connectivity index (χ1n) is 6.67. The molecule has 1 aliphatic heterocycles. The third kappa shape index (κ3) is 2.85. The molecule has 1 unspecified atom stereocenters. The van der Waals surface area contributed by atoms with Crippen LogP contribution < -0.4 is 10.1 Å². The molecule has 2 aromatic rings. The fraction of sp³-hybridized carbons (Fsp3) is 0.333. The second-order valence-electron chi connectivity index (χ2n) is 4.85. The van der Waals surface area contributed by atoms with E-state index in [0.29, 0.717) is 18.0 Å². The summed E-state index contributed by atoms with van der Waals surface area (Å²) in [5, 5.41) is 3.03. The highest BCUT2D eigenvalue weighted by molar-refractivity contribution is 7.12. The van der Waals surface area contributed by atoms with Crippen molar-refractivity contribution < 1.29 is 17.9 Å². The van der Waals surface area contributed by atoms with E-state index in [1.807, 2.05) is 6.07 Å². The molecule has 0 aliphatic carbocycles. The molecular weight excluding hydrogens is 299 g/mol. The van der Waals surface area contributed by atoms with Gasteiger partial charge in [-0.25, -0.2) is 0 Å². The van der Waals surface area contributed by atoms with Crippen LogP contribution in [0.25, 0.3) is 0 Å². The molecule has 1 N–H and O–H groups in total. The molecule has 3 rings (SSSR count). The zero-order valence-corrected chi connectivity index (χ0v) is 12.1. The molecular formula is C15H14F3NOS. The number of alkyl halides is 3. The van der Waals surface area contributed by atoms with Gasteiger partial charge in [0.15, 0.2) is 6.10 Å². The van der Waals surface area contributed by atoms with Gasteiger partial charge in [0, 0.05) is 9.75 Å². The van der Waals surface area contributed by atoms with Gasteiger partial charge in [-0.1, -0.05) is 6.92 Å². The van der Waals surface area contributed by atoms with Gasteiger partial charge in [-0.05, 0) is 36.8 Å². The molecule has 0 radical (unpaired) electrons. The van der Waals surface area contributed by atoms with Crippen molar-refractivity contribution in [2.24, 2.45) is 0 Å². The van der Waals surface area contributed by atoms with Crippen LogP contribution in [-0.2, 0) is 12.6 Å². The van der Waals surface area contributed by atoms with Gasteiger partial charge >= 0.3 is 6.18 Å². The maximum absolute atomic E-state index is 12.7. The van der Waals surface area contributed by atoms with Gasteiger partial charge < -0.3 is 10.1 Å². The molecule has 1 aliphatic rings. The van der Waals surface area contributed by atoms with E-state index in [1.54, 1.807) is 11.3 Å². The summed E-state index contributed by atoms with van der Waals surface area (Å²) in [6.45, 7) is 2.56. The van der Waals surface area contributed by atoms with Gasteiger partial charge in [-0.3, -0.25) is 0 Å². The Labute approximate surface area is 124 Å². The molecule has 0 saturated carbocycles. The Hall–Kier alpha value is -1.69. The Balaban J connectivity index is 1.83. The number of anilines is 1. The van der Waals surface area contributed by atoms with Crippen LogP contribution in [0.3, 0.4) is 0 Å². The Bertz CT molecular complexity index is 651. The largest absolute Gasteiger partial charge is 0.481 e. The second-order valence-corrected chi connectivity index (χ2v) is 6.05. The molecule has 0 saturated heterocycles. The lowest BCUT2D eigenvalue weighted by molar-refractivity contribution is -0.137. The van der Waals surface area contributed by atoms with Crippen molar-refractivity contribution in [3.05, 3.63) is 45.6 Å². The highest BCUT2D eigenvalue weighted by atomic mass is 32.1. The monoisotopic (exact) mass is 313 g/mol. The summed E-state index contributed by atoms with van der Waals surface area (Å²) in [5.41, 5.74) is -0.270. The Morgan fingerprint density at radius 2 is 2.10 bits per heavy atom. The number of aryl methyl sites for hydroxylation is 1. The van der Waals surface area contributed by atoms with E-state index < -0.39 is 11.7 Å². The summed E-state index contributed by atoms with van der Waals surface area (Å²) in [7, 11) is 0. The van der Waals surface area contributed by atoms with Crippen molar-refractivity contribution in [3.63, 3.8) is 0 Å². The Morgan fingerprint density at radius 1 is 1.29 bits per heavy atom. The van der Waals surface area contributed by atoms with Gasteiger partial charge in [0.1, 0.15) is 5.75 Å². The number of halogens is 3. The quantitative estimate of drug-likeness (QED) is 0.853. The zero-order chi connectivity index (χ0) is 15.0. The van der Waals surface area contributed by atoms with E-state index in [-0.39, 0.29) is 6.10 Å². The summed E-state index contributed by atoms with van der Waals surface area (Å²) < 4.78 is 43.8. The minimum absolute atomic E-state index is 0.153. The molecule has 6 heteroatoms. The van der Waals surface area contributed by atoms with Crippen molar-refractivity contribution in [3.8, 4) is 5.75 Å². The van der Waals surface area contributed by atoms with E-state index in [4.69, 9.17) is 4.74 Å². The highest BCUT2D eigenvalue weighted by Crippen LogP contribution is 2.40. The minimum Gasteiger partial charge on any atom is -0.481 e. The fourth-order valence-electron chi connectivity index (χ4n) is 2.26. The van der Waals surface area contributed by atoms with Gasteiger partial charge in [0.25, 0.3) is 0 Å². The lowest BCUT2D eigenvalue weighted by Gasteiger charge is -2.27. The molecule has 0 amide bonds. The Morgan fingerprint density at radius 3 is 2.76 bits per heavy atom. The average Bonchev–Trinajstić information content (AvgIpc) is 2.94. The van der Waals surface area contributed by atoms with E-state index in [2.05, 4.69) is 18.3 Å². The number of hydrogen-bond donors (Lipinski definition) is 1. The number of thiophene rings is 1. The van der Waals surface area contributed by atoms with Crippen LogP contribution in [-0.4, -0.2) is 6.54 Å². The third-order valence-corrected chi connectivity index (χ3v) is 4.72. The number of fused-ring (bicyclic) bond motifs is 1. The first-order valence-corrected chi connectivity index (χ1v) is 7.49. The van der Waals surface area contributed by atoms with Crippen LogP contribution in [0.5, 0.6) is 5.75 Å². The fourth-order valence-corrected chi connectivity index (χ4v) is 3.24. The second kappa shape index (κ2) is 5.26. The standard InChI is InChI=1S/C15H14F3NOS/c1-2-10-4-6-14(21-10)13-8-19-11-7-9(15(16,17)18)3-5-12(11)20-13/h3-7,13,19H,2,8H2,1H3. The molecule has 112 valence electrons. The maximum Gasteiger partial charge on any atom is 0.416 e. The predicted molar refractivity (Wildman–Crippen MR) is 77.0 cm³/mol. The van der Waals surface area contributed by atoms with Crippen molar-refractivity contribution in [2.75, 3.05) is 11.9 Å². The molecule has 0 spiro atoms. The van der Waals surface area contributed by atoms with Gasteiger partial charge in [0.2, 0.25) is 0 Å². The first kappa shape index (κ1) is 14.3. The molecule has 0 fully saturated rings. The molecule has 2 heterocycles. The molecule has 2 nitrogen and oxygen atoms in total. The predicted octanol–water partition coefficient (Wildman–Crippen LogP) is 4.87. The van der Waals surface area contributed by atoms with Crippen LogP contribution >= 0.6 is 11.3 Å². The first-order chi connectivity index (χ1) is 9.97. The van der Waals surface area contributed by atoms with Gasteiger partial charge in [-0.2, -0.15) is 13.2 Å². The minimum atomic E-state index is -4.34. The zero-order valence-electron chi connectivity index (χ0n) is 11.3. The van der Waals surface area contributed by atoms with Gasteiger partial charge in [0.05, 0.1) is 17.8 Å².